The summed E-state index contributed by atoms with van der Waals surface area (Å²) in [5, 5.41) is 7.07. The maximum absolute atomic E-state index is 13.2. The number of carbonyl (C=O) groups excluding carboxylic acids is 1. The summed E-state index contributed by atoms with van der Waals surface area (Å²) in [4.78, 5) is 23.5. The van der Waals surface area contributed by atoms with E-state index in [1.165, 1.54) is 6.42 Å². The summed E-state index contributed by atoms with van der Waals surface area (Å²) in [6.07, 6.45) is 7.87. The molecule has 0 radical (unpaired) electrons. The number of fused-ring (bicyclic) bond motifs is 2. The lowest BCUT2D eigenvalue weighted by Gasteiger charge is -2.23. The van der Waals surface area contributed by atoms with Crippen LogP contribution in [0.15, 0.2) is 36.7 Å². The van der Waals surface area contributed by atoms with Crippen molar-refractivity contribution in [1.29, 1.82) is 0 Å². The zero-order valence-corrected chi connectivity index (χ0v) is 21.2. The summed E-state index contributed by atoms with van der Waals surface area (Å²) in [6.45, 7) is 2.32. The predicted octanol–water partition coefficient (Wildman–Crippen LogP) is 4.73. The summed E-state index contributed by atoms with van der Waals surface area (Å²) >= 11 is 6.41. The largest absolute Gasteiger partial charge is 0.493 e. The molecule has 1 aliphatic carbocycles. The van der Waals surface area contributed by atoms with Gasteiger partial charge in [0.1, 0.15) is 12.4 Å². The van der Waals surface area contributed by atoms with Crippen LogP contribution >= 0.6 is 11.6 Å². The number of anilines is 2. The average Bonchev–Trinajstić information content (AvgIpc) is 3.38. The van der Waals surface area contributed by atoms with Crippen molar-refractivity contribution in [3.05, 3.63) is 52.9 Å². The van der Waals surface area contributed by atoms with E-state index in [-0.39, 0.29) is 11.3 Å². The molecule has 36 heavy (non-hydrogen) atoms. The summed E-state index contributed by atoms with van der Waals surface area (Å²) in [5.41, 5.74) is 4.58. The van der Waals surface area contributed by atoms with Crippen molar-refractivity contribution in [2.24, 2.45) is 0 Å². The van der Waals surface area contributed by atoms with E-state index >= 15 is 0 Å². The smallest absolute Gasteiger partial charge is 0.255 e. The monoisotopic (exact) mass is 507 g/mol. The highest BCUT2D eigenvalue weighted by atomic mass is 35.5. The van der Waals surface area contributed by atoms with Gasteiger partial charge in [-0.05, 0) is 57.5 Å². The van der Waals surface area contributed by atoms with Gasteiger partial charge in [-0.25, -0.2) is 0 Å². The Hall–Kier alpha value is -3.23. The first kappa shape index (κ1) is 23.2. The summed E-state index contributed by atoms with van der Waals surface area (Å²) < 4.78 is 11.9. The number of halogens is 1. The molecule has 3 aromatic rings. The van der Waals surface area contributed by atoms with Gasteiger partial charge in [0.2, 0.25) is 0 Å². The van der Waals surface area contributed by atoms with E-state index in [1.54, 1.807) is 25.6 Å². The number of nitrogens with zero attached hydrogens (tertiary/aromatic N) is 2. The molecule has 1 saturated carbocycles. The quantitative estimate of drug-likeness (QED) is 0.428. The number of H-pyrrole nitrogens is 1. The van der Waals surface area contributed by atoms with Crippen molar-refractivity contribution >= 4 is 28.9 Å². The van der Waals surface area contributed by atoms with Crippen LogP contribution in [0, 0.1) is 0 Å². The van der Waals surface area contributed by atoms with Crippen LogP contribution < -0.4 is 20.1 Å². The number of carbonyl (C=O) groups is 1. The second kappa shape index (κ2) is 9.01. The van der Waals surface area contributed by atoms with Crippen molar-refractivity contribution < 1.29 is 14.3 Å². The molecule has 4 heterocycles. The van der Waals surface area contributed by atoms with Gasteiger partial charge in [0.05, 0.1) is 41.0 Å². The van der Waals surface area contributed by atoms with Crippen molar-refractivity contribution in [2.45, 2.75) is 37.1 Å². The van der Waals surface area contributed by atoms with Crippen molar-refractivity contribution in [3.8, 4) is 22.8 Å². The van der Waals surface area contributed by atoms with Crippen LogP contribution in [-0.2, 0) is 5.41 Å². The zero-order chi connectivity index (χ0) is 24.9. The minimum absolute atomic E-state index is 0.0447. The molecule has 2 aliphatic heterocycles. The molecule has 3 N–H and O–H groups in total. The normalized spacial score (nSPS) is 20.2. The van der Waals surface area contributed by atoms with Crippen LogP contribution in [0.3, 0.4) is 0 Å². The number of para-hydroxylation sites is 1. The molecule has 1 amide bonds. The van der Waals surface area contributed by atoms with E-state index in [2.05, 4.69) is 32.5 Å². The standard InChI is InChI=1S/C27H30ClN5O3/c1-33-12-4-5-16(33)14-36-20-13-29-11-8-17(20)22-23(31-19-7-3-6-18(28)24(19)35-2)21-25(32-22)27(9-10-27)15-30-26(21)34/h3,6-8,11,13,16,31-32H,4-5,9-10,12,14-15H2,1-2H3,(H,30,34)/t16-/m1/s1. The maximum Gasteiger partial charge on any atom is 0.255 e. The van der Waals surface area contributed by atoms with Crippen LogP contribution in [0.2, 0.25) is 5.02 Å². The van der Waals surface area contributed by atoms with Crippen molar-refractivity contribution in [3.63, 3.8) is 0 Å². The number of methoxy groups -OCH3 is 1. The molecule has 1 saturated heterocycles. The first-order chi connectivity index (χ1) is 17.5. The highest BCUT2D eigenvalue weighted by molar-refractivity contribution is 6.32. The molecule has 0 unspecified atom stereocenters. The second-order valence-corrected chi connectivity index (χ2v) is 10.4. The van der Waals surface area contributed by atoms with E-state index in [1.807, 2.05) is 18.2 Å². The number of nitrogens with one attached hydrogen (secondary N) is 3. The minimum Gasteiger partial charge on any atom is -0.493 e. The fourth-order valence-electron chi connectivity index (χ4n) is 5.48. The Labute approximate surface area is 215 Å². The van der Waals surface area contributed by atoms with E-state index < -0.39 is 0 Å². The minimum atomic E-state index is -0.0994. The van der Waals surface area contributed by atoms with Gasteiger partial charge in [-0.15, -0.1) is 0 Å². The van der Waals surface area contributed by atoms with Crippen LogP contribution in [0.4, 0.5) is 11.4 Å². The van der Waals surface area contributed by atoms with Gasteiger partial charge in [-0.2, -0.15) is 0 Å². The Morgan fingerprint density at radius 2 is 2.17 bits per heavy atom. The van der Waals surface area contributed by atoms with Gasteiger partial charge < -0.3 is 30.0 Å². The molecule has 1 atom stereocenters. The number of ether oxygens (including phenoxy) is 2. The Morgan fingerprint density at radius 1 is 1.31 bits per heavy atom. The van der Waals surface area contributed by atoms with Crippen molar-refractivity contribution in [1.82, 2.24) is 20.2 Å². The molecule has 1 aromatic carbocycles. The third kappa shape index (κ3) is 3.89. The third-order valence-corrected chi connectivity index (χ3v) is 8.08. The van der Waals surface area contributed by atoms with Gasteiger partial charge in [0.15, 0.2) is 5.75 Å². The lowest BCUT2D eigenvalue weighted by atomic mass is 9.93. The molecule has 1 spiro atoms. The number of likely N-dealkylation sites (tertiary alicyclic amines) is 1. The molecular formula is C27H30ClN5O3. The maximum atomic E-state index is 13.2. The van der Waals surface area contributed by atoms with Crippen LogP contribution in [0.5, 0.6) is 11.5 Å². The number of hydrogen-bond acceptors (Lipinski definition) is 6. The van der Waals surface area contributed by atoms with Crippen molar-refractivity contribution in [2.75, 3.05) is 39.2 Å². The highest BCUT2D eigenvalue weighted by Crippen LogP contribution is 2.54. The topological polar surface area (TPSA) is 91.5 Å². The molecule has 2 fully saturated rings. The van der Waals surface area contributed by atoms with Crippen LogP contribution in [0.25, 0.3) is 11.3 Å². The summed E-state index contributed by atoms with van der Waals surface area (Å²) in [7, 11) is 3.72. The number of aromatic amines is 1. The van der Waals surface area contributed by atoms with Gasteiger partial charge in [0, 0.05) is 35.5 Å². The van der Waals surface area contributed by atoms with E-state index in [0.717, 1.165) is 42.8 Å². The summed E-state index contributed by atoms with van der Waals surface area (Å²) in [6, 6.07) is 7.83. The molecule has 2 aromatic heterocycles. The van der Waals surface area contributed by atoms with Crippen LogP contribution in [0.1, 0.15) is 41.7 Å². The Balaban J connectivity index is 1.46. The first-order valence-corrected chi connectivity index (χ1v) is 12.8. The Morgan fingerprint density at radius 3 is 2.92 bits per heavy atom. The molecule has 6 rings (SSSR count). The number of amides is 1. The number of likely N-dealkylation sites (N-methyl/N-ethyl adjacent to an activating group) is 1. The molecular weight excluding hydrogens is 478 g/mol. The molecule has 8 nitrogen and oxygen atoms in total. The van der Waals surface area contributed by atoms with E-state index in [4.69, 9.17) is 21.1 Å². The van der Waals surface area contributed by atoms with Gasteiger partial charge in [-0.3, -0.25) is 9.78 Å². The lowest BCUT2D eigenvalue weighted by molar-refractivity contribution is 0.0938. The second-order valence-electron chi connectivity index (χ2n) is 9.99. The van der Waals surface area contributed by atoms with E-state index in [0.29, 0.717) is 52.7 Å². The first-order valence-electron chi connectivity index (χ1n) is 12.4. The van der Waals surface area contributed by atoms with Crippen LogP contribution in [-0.4, -0.2) is 60.7 Å². The number of benzene rings is 1. The Bertz CT molecular complexity index is 1320. The Kier molecular flexibility index (Phi) is 5.80. The number of aromatic nitrogens is 2. The zero-order valence-electron chi connectivity index (χ0n) is 20.5. The molecule has 9 heteroatoms. The predicted molar refractivity (Wildman–Crippen MR) is 140 cm³/mol. The lowest BCUT2D eigenvalue weighted by Crippen LogP contribution is -2.39. The fourth-order valence-corrected chi connectivity index (χ4v) is 5.73. The third-order valence-electron chi connectivity index (χ3n) is 7.79. The van der Waals surface area contributed by atoms with E-state index in [9.17, 15) is 4.79 Å². The number of rotatable bonds is 7. The number of pyridine rings is 1. The molecule has 0 bridgehead atoms. The average molecular weight is 508 g/mol. The fraction of sp³-hybridized carbons (Fsp3) is 0.407. The molecule has 188 valence electrons. The van der Waals surface area contributed by atoms with Gasteiger partial charge in [0.25, 0.3) is 5.91 Å². The molecule has 3 aliphatic rings. The summed E-state index contributed by atoms with van der Waals surface area (Å²) in [5.74, 6) is 1.10. The van der Waals surface area contributed by atoms with Gasteiger partial charge >= 0.3 is 0 Å². The highest BCUT2D eigenvalue weighted by Gasteiger charge is 2.51. The van der Waals surface area contributed by atoms with Gasteiger partial charge in [-0.1, -0.05) is 17.7 Å². The number of hydrogen-bond donors (Lipinski definition) is 3. The SMILES string of the molecule is COc1c(Cl)cccc1Nc1c(-c2ccncc2OC[C@H]2CCCN2C)[nH]c2c1C(=O)NCC21CC1.